The Morgan fingerprint density at radius 3 is 1.71 bits per heavy atom. The van der Waals surface area contributed by atoms with Crippen LogP contribution in [0.4, 0.5) is 0 Å². The van der Waals surface area contributed by atoms with E-state index in [2.05, 4.69) is 20.8 Å². The molecule has 3 radical (unpaired) electrons. The van der Waals surface area contributed by atoms with Gasteiger partial charge in [0.1, 0.15) is 10.4 Å². The lowest BCUT2D eigenvalue weighted by molar-refractivity contribution is 1.42. The molecular weight excluding hydrogens is 104 g/mol. The lowest BCUT2D eigenvalue weighted by Crippen LogP contribution is -1.75. The van der Waals surface area contributed by atoms with Gasteiger partial charge in [-0.15, -0.1) is 0 Å². The summed E-state index contributed by atoms with van der Waals surface area (Å²) in [6.07, 6.45) is 3.75. The molecule has 0 bridgehead atoms. The first kappa shape index (κ1) is 6.46. The van der Waals surface area contributed by atoms with Crippen molar-refractivity contribution < 1.29 is 0 Å². The third-order valence-electron chi connectivity index (χ3n) is 0.496. The van der Waals surface area contributed by atoms with Crippen molar-refractivity contribution in [1.29, 1.82) is 0 Å². The Hall–Kier alpha value is -0.543. The minimum absolute atomic E-state index is 1.88. The number of aromatic nitrogens is 1. The SMILES string of the molecule is N[Si].c1cc[nH]c1. The van der Waals surface area contributed by atoms with Crippen molar-refractivity contribution in [2.45, 2.75) is 0 Å². The zero-order valence-electron chi connectivity index (χ0n) is 3.89. The number of nitrogens with two attached hydrogens (primary N) is 1. The standard InChI is InChI=1S/C4H5N.H2NSi/c1-2-4-5-3-1;1-2/h1-5H;1H2. The first-order valence-electron chi connectivity index (χ1n) is 1.87. The van der Waals surface area contributed by atoms with Crippen molar-refractivity contribution in [1.82, 2.24) is 4.98 Å². The minimum Gasteiger partial charge on any atom is -0.368 e. The van der Waals surface area contributed by atoms with Crippen LogP contribution in [0.25, 0.3) is 0 Å². The molecule has 7 heavy (non-hydrogen) atoms. The molecule has 0 saturated carbocycles. The maximum atomic E-state index is 4.31. The van der Waals surface area contributed by atoms with Crippen LogP contribution in [-0.4, -0.2) is 15.4 Å². The van der Waals surface area contributed by atoms with Gasteiger partial charge < -0.3 is 10.4 Å². The summed E-state index contributed by atoms with van der Waals surface area (Å²) in [5.41, 5.74) is 0. The summed E-state index contributed by atoms with van der Waals surface area (Å²) < 4.78 is 0. The summed E-state index contributed by atoms with van der Waals surface area (Å²) in [6.45, 7) is 0. The van der Waals surface area contributed by atoms with E-state index < -0.39 is 0 Å². The Morgan fingerprint density at radius 1 is 1.14 bits per heavy atom. The molecule has 2 nitrogen and oxygen atoms in total. The van der Waals surface area contributed by atoms with Gasteiger partial charge in [0.15, 0.2) is 0 Å². The molecule has 0 aliphatic rings. The van der Waals surface area contributed by atoms with Gasteiger partial charge in [0, 0.05) is 12.4 Å². The quantitative estimate of drug-likeness (QED) is 0.456. The van der Waals surface area contributed by atoms with Gasteiger partial charge in [-0.2, -0.15) is 0 Å². The van der Waals surface area contributed by atoms with Gasteiger partial charge in [-0.1, -0.05) is 0 Å². The maximum Gasteiger partial charge on any atom is 0.137 e. The second kappa shape index (κ2) is 5.46. The van der Waals surface area contributed by atoms with Crippen LogP contribution in [0.3, 0.4) is 0 Å². The van der Waals surface area contributed by atoms with Crippen LogP contribution in [0, 0.1) is 0 Å². The fourth-order valence-corrected chi connectivity index (χ4v) is 0.278. The molecule has 3 heteroatoms. The van der Waals surface area contributed by atoms with Crippen LogP contribution in [0.15, 0.2) is 24.5 Å². The van der Waals surface area contributed by atoms with E-state index in [1.807, 2.05) is 24.5 Å². The maximum absolute atomic E-state index is 4.31. The molecule has 37 valence electrons. The number of nitrogens with one attached hydrogen (secondary N) is 1. The fraction of sp³-hybridized carbons (Fsp3) is 0. The fourth-order valence-electron chi connectivity index (χ4n) is 0.278. The molecule has 0 aromatic carbocycles. The smallest absolute Gasteiger partial charge is 0.137 e. The first-order valence-corrected chi connectivity index (χ1v) is 2.44. The van der Waals surface area contributed by atoms with Crippen LogP contribution in [0.1, 0.15) is 0 Å². The summed E-state index contributed by atoms with van der Waals surface area (Å²) in [4.78, 5) is 2.86. The van der Waals surface area contributed by atoms with Crippen LogP contribution >= 0.6 is 0 Å². The lowest BCUT2D eigenvalue weighted by atomic mass is 10.7. The molecule has 3 N–H and O–H groups in total. The molecule has 1 aromatic heterocycles. The average molecular weight is 111 g/mol. The van der Waals surface area contributed by atoms with E-state index >= 15 is 0 Å². The normalized spacial score (nSPS) is 6.57. The van der Waals surface area contributed by atoms with Crippen LogP contribution < -0.4 is 5.40 Å². The van der Waals surface area contributed by atoms with E-state index in [0.717, 1.165) is 0 Å². The Morgan fingerprint density at radius 2 is 1.57 bits per heavy atom. The van der Waals surface area contributed by atoms with Gasteiger partial charge in [-0.05, 0) is 12.1 Å². The number of hydrogen-bond donors (Lipinski definition) is 2. The highest BCUT2D eigenvalue weighted by Crippen LogP contribution is 1.72. The van der Waals surface area contributed by atoms with Crippen molar-refractivity contribution in [3.8, 4) is 0 Å². The van der Waals surface area contributed by atoms with E-state index in [0.29, 0.717) is 0 Å². The summed E-state index contributed by atoms with van der Waals surface area (Å²) in [5, 5.41) is 4.31. The number of aromatic amines is 1. The summed E-state index contributed by atoms with van der Waals surface area (Å²) in [7, 11) is 2.47. The van der Waals surface area contributed by atoms with E-state index in [1.54, 1.807) is 0 Å². The van der Waals surface area contributed by atoms with Crippen LogP contribution in [0.5, 0.6) is 0 Å². The molecule has 1 heterocycles. The molecular formula is C4H7N2Si. The second-order valence-electron chi connectivity index (χ2n) is 0.885. The molecule has 0 amide bonds. The molecule has 0 spiro atoms. The van der Waals surface area contributed by atoms with Gasteiger partial charge in [0.25, 0.3) is 0 Å². The number of hydrogen-bond acceptors (Lipinski definition) is 1. The van der Waals surface area contributed by atoms with Crippen LogP contribution in [0.2, 0.25) is 0 Å². The van der Waals surface area contributed by atoms with Gasteiger partial charge in [0.2, 0.25) is 0 Å². The second-order valence-corrected chi connectivity index (χ2v) is 0.885. The van der Waals surface area contributed by atoms with Gasteiger partial charge in [-0.3, -0.25) is 0 Å². The lowest BCUT2D eigenvalue weighted by Gasteiger charge is -1.49. The zero-order chi connectivity index (χ0) is 5.54. The van der Waals surface area contributed by atoms with Crippen molar-refractivity contribution in [3.05, 3.63) is 24.5 Å². The van der Waals surface area contributed by atoms with Crippen molar-refractivity contribution in [2.75, 3.05) is 0 Å². The largest absolute Gasteiger partial charge is 0.368 e. The van der Waals surface area contributed by atoms with Gasteiger partial charge in [-0.25, -0.2) is 0 Å². The monoisotopic (exact) mass is 111 g/mol. The average Bonchev–Trinajstić information content (AvgIpc) is 2.23. The Bertz CT molecular complexity index is 66.2. The highest BCUT2D eigenvalue weighted by atomic mass is 28.2. The van der Waals surface area contributed by atoms with Crippen molar-refractivity contribution in [3.63, 3.8) is 0 Å². The van der Waals surface area contributed by atoms with Gasteiger partial charge in [0.05, 0.1) is 0 Å². The molecule has 0 fully saturated rings. The predicted molar refractivity (Wildman–Crippen MR) is 30.7 cm³/mol. The number of H-pyrrole nitrogens is 1. The predicted octanol–water partition coefficient (Wildman–Crippen LogP) is 0.0433. The molecule has 0 atom stereocenters. The van der Waals surface area contributed by atoms with Crippen molar-refractivity contribution in [2.24, 2.45) is 5.40 Å². The van der Waals surface area contributed by atoms with Gasteiger partial charge >= 0.3 is 0 Å². The molecule has 0 unspecified atom stereocenters. The molecule has 1 rings (SSSR count). The Labute approximate surface area is 46.2 Å². The summed E-state index contributed by atoms with van der Waals surface area (Å²) in [5.74, 6) is 0. The highest BCUT2D eigenvalue weighted by molar-refractivity contribution is 6.02. The summed E-state index contributed by atoms with van der Waals surface area (Å²) in [6, 6.07) is 3.89. The molecule has 0 aliphatic heterocycles. The topological polar surface area (TPSA) is 41.8 Å². The van der Waals surface area contributed by atoms with E-state index in [4.69, 9.17) is 0 Å². The molecule has 1 aromatic rings. The zero-order valence-corrected chi connectivity index (χ0v) is 4.89. The minimum atomic E-state index is 1.88. The highest BCUT2D eigenvalue weighted by Gasteiger charge is 1.55. The Kier molecular flexibility index (Phi) is 5.03. The van der Waals surface area contributed by atoms with Crippen molar-refractivity contribution >= 4 is 10.4 Å². The molecule has 0 aliphatic carbocycles. The van der Waals surface area contributed by atoms with E-state index in [1.165, 1.54) is 0 Å². The number of rotatable bonds is 0. The van der Waals surface area contributed by atoms with E-state index in [-0.39, 0.29) is 0 Å². The van der Waals surface area contributed by atoms with E-state index in [9.17, 15) is 0 Å². The molecule has 0 saturated heterocycles. The van der Waals surface area contributed by atoms with Crippen LogP contribution in [-0.2, 0) is 0 Å². The third-order valence-corrected chi connectivity index (χ3v) is 0.496. The summed E-state index contributed by atoms with van der Waals surface area (Å²) >= 11 is 0. The first-order chi connectivity index (χ1) is 3.50. The third kappa shape index (κ3) is 3.28. The Balaban J connectivity index is 0.000000162.